The molecule has 5 heteroatoms. The van der Waals surface area contributed by atoms with Crippen molar-refractivity contribution in [3.8, 4) is 5.75 Å². The maximum absolute atomic E-state index is 13.4. The second kappa shape index (κ2) is 6.07. The number of benzene rings is 1. The van der Waals surface area contributed by atoms with Gasteiger partial charge in [0.05, 0.1) is 6.61 Å². The van der Waals surface area contributed by atoms with Crippen molar-refractivity contribution in [2.75, 3.05) is 25.6 Å². The summed E-state index contributed by atoms with van der Waals surface area (Å²) in [4.78, 5) is 10.7. The quantitative estimate of drug-likeness (QED) is 0.780. The lowest BCUT2D eigenvalue weighted by molar-refractivity contribution is -0.114. The smallest absolute Gasteiger partial charge is 0.221 e. The predicted molar refractivity (Wildman–Crippen MR) is 58.1 cm³/mol. The van der Waals surface area contributed by atoms with E-state index in [4.69, 9.17) is 9.47 Å². The number of nitrogens with one attached hydrogen (secondary N) is 1. The van der Waals surface area contributed by atoms with Crippen molar-refractivity contribution in [3.63, 3.8) is 0 Å². The molecule has 0 fully saturated rings. The van der Waals surface area contributed by atoms with Crippen LogP contribution in [0.15, 0.2) is 18.2 Å². The van der Waals surface area contributed by atoms with Crippen LogP contribution < -0.4 is 10.1 Å². The van der Waals surface area contributed by atoms with Crippen molar-refractivity contribution >= 4 is 11.6 Å². The molecule has 0 heterocycles. The van der Waals surface area contributed by atoms with E-state index in [2.05, 4.69) is 5.32 Å². The Labute approximate surface area is 93.4 Å². The van der Waals surface area contributed by atoms with Crippen molar-refractivity contribution in [3.05, 3.63) is 24.0 Å². The number of carbonyl (C=O) groups is 1. The average molecular weight is 227 g/mol. The molecule has 0 saturated heterocycles. The molecule has 0 saturated carbocycles. The molecule has 0 unspecified atom stereocenters. The summed E-state index contributed by atoms with van der Waals surface area (Å²) in [7, 11) is 1.54. The second-order valence-electron chi connectivity index (χ2n) is 3.17. The first-order valence-corrected chi connectivity index (χ1v) is 4.82. The fourth-order valence-electron chi connectivity index (χ4n) is 1.13. The van der Waals surface area contributed by atoms with Crippen LogP contribution in [0.5, 0.6) is 5.75 Å². The maximum Gasteiger partial charge on any atom is 0.221 e. The lowest BCUT2D eigenvalue weighted by atomic mass is 10.3. The summed E-state index contributed by atoms with van der Waals surface area (Å²) in [5.74, 6) is -0.610. The Kier molecular flexibility index (Phi) is 4.72. The van der Waals surface area contributed by atoms with Gasteiger partial charge in [-0.25, -0.2) is 4.39 Å². The molecular formula is C11H14FNO3. The van der Waals surface area contributed by atoms with E-state index < -0.39 is 5.82 Å². The molecule has 1 aromatic rings. The van der Waals surface area contributed by atoms with E-state index in [1.807, 2.05) is 0 Å². The maximum atomic E-state index is 13.4. The zero-order valence-electron chi connectivity index (χ0n) is 9.25. The Bertz CT molecular complexity index is 368. The summed E-state index contributed by atoms with van der Waals surface area (Å²) in [6.07, 6.45) is 0. The molecule has 1 aromatic carbocycles. The molecule has 0 bridgehead atoms. The van der Waals surface area contributed by atoms with E-state index in [1.54, 1.807) is 13.2 Å². The van der Waals surface area contributed by atoms with Crippen LogP contribution >= 0.6 is 0 Å². The predicted octanol–water partition coefficient (Wildman–Crippen LogP) is 1.81. The van der Waals surface area contributed by atoms with Crippen LogP contribution in [0.1, 0.15) is 6.92 Å². The van der Waals surface area contributed by atoms with Crippen molar-refractivity contribution in [1.82, 2.24) is 0 Å². The van der Waals surface area contributed by atoms with E-state index in [9.17, 15) is 9.18 Å². The molecule has 0 spiro atoms. The van der Waals surface area contributed by atoms with Crippen molar-refractivity contribution in [2.24, 2.45) is 0 Å². The Balaban J connectivity index is 2.64. The molecule has 0 atom stereocenters. The summed E-state index contributed by atoms with van der Waals surface area (Å²) in [5, 5.41) is 2.48. The van der Waals surface area contributed by atoms with E-state index >= 15 is 0 Å². The van der Waals surface area contributed by atoms with E-state index in [0.29, 0.717) is 12.3 Å². The van der Waals surface area contributed by atoms with Gasteiger partial charge in [0, 0.05) is 25.8 Å². The molecule has 0 aliphatic rings. The summed E-state index contributed by atoms with van der Waals surface area (Å²) in [6, 6.07) is 4.26. The van der Waals surface area contributed by atoms with E-state index in [0.717, 1.165) is 0 Å². The Hall–Kier alpha value is -1.62. The first-order chi connectivity index (χ1) is 7.63. The van der Waals surface area contributed by atoms with Gasteiger partial charge < -0.3 is 14.8 Å². The lowest BCUT2D eigenvalue weighted by Gasteiger charge is -2.08. The molecule has 0 aliphatic carbocycles. The van der Waals surface area contributed by atoms with E-state index in [1.165, 1.54) is 19.1 Å². The third kappa shape index (κ3) is 3.86. The highest BCUT2D eigenvalue weighted by Crippen LogP contribution is 2.20. The van der Waals surface area contributed by atoms with Gasteiger partial charge in [-0.1, -0.05) is 0 Å². The van der Waals surface area contributed by atoms with Gasteiger partial charge in [-0.05, 0) is 12.1 Å². The van der Waals surface area contributed by atoms with Crippen molar-refractivity contribution in [1.29, 1.82) is 0 Å². The number of ether oxygens (including phenoxy) is 2. The van der Waals surface area contributed by atoms with Crippen LogP contribution in [0, 0.1) is 5.82 Å². The molecule has 1 rings (SSSR count). The zero-order chi connectivity index (χ0) is 12.0. The minimum Gasteiger partial charge on any atom is -0.488 e. The molecular weight excluding hydrogens is 213 g/mol. The van der Waals surface area contributed by atoms with Gasteiger partial charge in [0.1, 0.15) is 6.61 Å². The molecule has 0 aliphatic heterocycles. The highest BCUT2D eigenvalue weighted by molar-refractivity contribution is 5.88. The zero-order valence-corrected chi connectivity index (χ0v) is 9.25. The Morgan fingerprint density at radius 3 is 2.75 bits per heavy atom. The Morgan fingerprint density at radius 1 is 1.44 bits per heavy atom. The molecule has 4 nitrogen and oxygen atoms in total. The lowest BCUT2D eigenvalue weighted by Crippen LogP contribution is -2.08. The summed E-state index contributed by atoms with van der Waals surface area (Å²) in [6.45, 7) is 2.04. The topological polar surface area (TPSA) is 47.6 Å². The van der Waals surface area contributed by atoms with Crippen LogP contribution in [0.2, 0.25) is 0 Å². The number of halogens is 1. The fourth-order valence-corrected chi connectivity index (χ4v) is 1.13. The van der Waals surface area contributed by atoms with Crippen molar-refractivity contribution in [2.45, 2.75) is 6.92 Å². The third-order valence-electron chi connectivity index (χ3n) is 1.80. The molecule has 88 valence electrons. The number of amides is 1. The largest absolute Gasteiger partial charge is 0.488 e. The van der Waals surface area contributed by atoms with Crippen LogP contribution in [0.4, 0.5) is 10.1 Å². The van der Waals surface area contributed by atoms with Gasteiger partial charge in [-0.3, -0.25) is 4.79 Å². The molecule has 1 amide bonds. The van der Waals surface area contributed by atoms with Crippen LogP contribution in [-0.2, 0) is 9.53 Å². The number of carbonyl (C=O) groups excluding carboxylic acids is 1. The highest BCUT2D eigenvalue weighted by Gasteiger charge is 2.05. The van der Waals surface area contributed by atoms with Crippen LogP contribution in [0.3, 0.4) is 0 Å². The molecule has 16 heavy (non-hydrogen) atoms. The van der Waals surface area contributed by atoms with Gasteiger partial charge in [0.25, 0.3) is 0 Å². The standard InChI is InChI=1S/C11H14FNO3/c1-8(14)13-9-3-4-11(10(12)7-9)16-6-5-15-2/h3-4,7H,5-6H2,1-2H3,(H,13,14). The summed E-state index contributed by atoms with van der Waals surface area (Å²) >= 11 is 0. The summed E-state index contributed by atoms with van der Waals surface area (Å²) in [5.41, 5.74) is 0.407. The normalized spacial score (nSPS) is 9.94. The second-order valence-corrected chi connectivity index (χ2v) is 3.17. The average Bonchev–Trinajstić information content (AvgIpc) is 2.20. The molecule has 0 aromatic heterocycles. The number of rotatable bonds is 5. The van der Waals surface area contributed by atoms with Gasteiger partial charge in [0.15, 0.2) is 11.6 Å². The fraction of sp³-hybridized carbons (Fsp3) is 0.364. The van der Waals surface area contributed by atoms with Gasteiger partial charge in [-0.15, -0.1) is 0 Å². The highest BCUT2D eigenvalue weighted by atomic mass is 19.1. The van der Waals surface area contributed by atoms with Gasteiger partial charge in [0.2, 0.25) is 5.91 Å². The van der Waals surface area contributed by atoms with Crippen molar-refractivity contribution < 1.29 is 18.7 Å². The summed E-state index contributed by atoms with van der Waals surface area (Å²) < 4.78 is 23.3. The SMILES string of the molecule is COCCOc1ccc(NC(C)=O)cc1F. The number of anilines is 1. The van der Waals surface area contributed by atoms with Crippen LogP contribution in [0.25, 0.3) is 0 Å². The van der Waals surface area contributed by atoms with Gasteiger partial charge >= 0.3 is 0 Å². The molecule has 0 radical (unpaired) electrons. The number of hydrogen-bond acceptors (Lipinski definition) is 3. The molecule has 1 N–H and O–H groups in total. The monoisotopic (exact) mass is 227 g/mol. The van der Waals surface area contributed by atoms with E-state index in [-0.39, 0.29) is 18.3 Å². The first-order valence-electron chi connectivity index (χ1n) is 4.82. The number of methoxy groups -OCH3 is 1. The number of hydrogen-bond donors (Lipinski definition) is 1. The minimum absolute atomic E-state index is 0.145. The van der Waals surface area contributed by atoms with Gasteiger partial charge in [-0.2, -0.15) is 0 Å². The van der Waals surface area contributed by atoms with Crippen LogP contribution in [-0.4, -0.2) is 26.2 Å². The Morgan fingerprint density at radius 2 is 2.19 bits per heavy atom. The minimum atomic E-state index is -0.512. The third-order valence-corrected chi connectivity index (χ3v) is 1.80. The first kappa shape index (κ1) is 12.4.